The molecule has 0 atom stereocenters. The van der Waals surface area contributed by atoms with E-state index in [0.29, 0.717) is 17.4 Å². The molecule has 0 saturated carbocycles. The number of halogens is 4. The molecular weight excluding hydrogens is 323 g/mol. The van der Waals surface area contributed by atoms with Crippen molar-refractivity contribution in [1.82, 2.24) is 9.97 Å². The molecule has 0 spiro atoms. The number of hydrogen-bond acceptors (Lipinski definition) is 2. The molecule has 2 aromatic rings. The van der Waals surface area contributed by atoms with Gasteiger partial charge in [-0.3, -0.25) is 0 Å². The quantitative estimate of drug-likeness (QED) is 0.892. The van der Waals surface area contributed by atoms with Crippen molar-refractivity contribution in [3.63, 3.8) is 0 Å². The van der Waals surface area contributed by atoms with Crippen LogP contribution >= 0.6 is 15.9 Å². The Balaban J connectivity index is 2.08. The largest absolute Gasteiger partial charge is 0.418 e. The Morgan fingerprint density at radius 3 is 2.74 bits per heavy atom. The van der Waals surface area contributed by atoms with Gasteiger partial charge in [-0.05, 0) is 18.2 Å². The van der Waals surface area contributed by atoms with Crippen molar-refractivity contribution in [2.75, 3.05) is 11.9 Å². The summed E-state index contributed by atoms with van der Waals surface area (Å²) in [5, 5.41) is 2.80. The molecule has 0 radical (unpaired) electrons. The van der Waals surface area contributed by atoms with Gasteiger partial charge in [0.25, 0.3) is 0 Å². The highest BCUT2D eigenvalue weighted by Crippen LogP contribution is 2.36. The second-order valence-electron chi connectivity index (χ2n) is 3.94. The maximum Gasteiger partial charge on any atom is 0.418 e. The Labute approximate surface area is 116 Å². The van der Waals surface area contributed by atoms with Crippen molar-refractivity contribution in [3.8, 4) is 0 Å². The van der Waals surface area contributed by atoms with E-state index < -0.39 is 11.7 Å². The van der Waals surface area contributed by atoms with Crippen LogP contribution in [0.2, 0.25) is 0 Å². The van der Waals surface area contributed by atoms with E-state index in [1.165, 1.54) is 18.5 Å². The van der Waals surface area contributed by atoms with Gasteiger partial charge < -0.3 is 10.3 Å². The molecule has 7 heteroatoms. The van der Waals surface area contributed by atoms with Crippen molar-refractivity contribution in [1.29, 1.82) is 0 Å². The summed E-state index contributed by atoms with van der Waals surface area (Å²) in [6.07, 6.45) is -0.607. The third-order valence-electron chi connectivity index (χ3n) is 2.55. The number of imidazole rings is 1. The highest BCUT2D eigenvalue weighted by molar-refractivity contribution is 9.10. The van der Waals surface area contributed by atoms with E-state index in [4.69, 9.17) is 0 Å². The molecular formula is C12H11BrF3N3. The summed E-state index contributed by atoms with van der Waals surface area (Å²) in [6, 6.07) is 3.86. The van der Waals surface area contributed by atoms with E-state index in [1.807, 2.05) is 0 Å². The first-order chi connectivity index (χ1) is 8.97. The average molecular weight is 334 g/mol. The van der Waals surface area contributed by atoms with Crippen LogP contribution < -0.4 is 5.32 Å². The maximum atomic E-state index is 12.8. The van der Waals surface area contributed by atoms with Gasteiger partial charge in [-0.15, -0.1) is 0 Å². The molecule has 3 nitrogen and oxygen atoms in total. The minimum absolute atomic E-state index is 0.0707. The topological polar surface area (TPSA) is 40.7 Å². The Morgan fingerprint density at radius 2 is 2.11 bits per heavy atom. The van der Waals surface area contributed by atoms with E-state index in [-0.39, 0.29) is 5.69 Å². The predicted molar refractivity (Wildman–Crippen MR) is 69.9 cm³/mol. The molecule has 1 aromatic carbocycles. The lowest BCUT2D eigenvalue weighted by Crippen LogP contribution is -2.12. The number of rotatable bonds is 4. The molecule has 2 rings (SSSR count). The molecule has 0 aliphatic carbocycles. The summed E-state index contributed by atoms with van der Waals surface area (Å²) in [5.74, 6) is 0. The van der Waals surface area contributed by atoms with Gasteiger partial charge >= 0.3 is 6.18 Å². The van der Waals surface area contributed by atoms with Crippen molar-refractivity contribution in [2.45, 2.75) is 12.6 Å². The molecule has 19 heavy (non-hydrogen) atoms. The fourth-order valence-corrected chi connectivity index (χ4v) is 2.02. The number of benzene rings is 1. The van der Waals surface area contributed by atoms with Crippen LogP contribution in [0.1, 0.15) is 11.3 Å². The first kappa shape index (κ1) is 13.9. The summed E-state index contributed by atoms with van der Waals surface area (Å²) < 4.78 is 39.0. The summed E-state index contributed by atoms with van der Waals surface area (Å²) >= 11 is 3.17. The summed E-state index contributed by atoms with van der Waals surface area (Å²) in [6.45, 7) is 0.391. The van der Waals surface area contributed by atoms with E-state index in [1.54, 1.807) is 6.20 Å². The van der Waals surface area contributed by atoms with Gasteiger partial charge in [0, 0.05) is 35.0 Å². The van der Waals surface area contributed by atoms with E-state index >= 15 is 0 Å². The molecule has 0 bridgehead atoms. The van der Waals surface area contributed by atoms with Crippen molar-refractivity contribution in [2.24, 2.45) is 0 Å². The summed E-state index contributed by atoms with van der Waals surface area (Å²) in [7, 11) is 0. The Morgan fingerprint density at radius 1 is 1.32 bits per heavy atom. The molecule has 0 unspecified atom stereocenters. The van der Waals surface area contributed by atoms with Crippen molar-refractivity contribution in [3.05, 3.63) is 46.5 Å². The van der Waals surface area contributed by atoms with Gasteiger partial charge in [-0.1, -0.05) is 15.9 Å². The van der Waals surface area contributed by atoms with E-state index in [0.717, 1.165) is 11.8 Å². The monoisotopic (exact) mass is 333 g/mol. The standard InChI is InChI=1S/C12H11BrF3N3/c13-8-1-2-10(12(14,15)16)11(5-8)18-4-3-9-6-17-7-19-9/h1-2,5-7,18H,3-4H2,(H,17,19). The minimum Gasteiger partial charge on any atom is -0.384 e. The minimum atomic E-state index is -4.36. The lowest BCUT2D eigenvalue weighted by atomic mass is 10.1. The fraction of sp³-hybridized carbons (Fsp3) is 0.250. The molecule has 0 amide bonds. The predicted octanol–water partition coefficient (Wildman–Crippen LogP) is 3.85. The smallest absolute Gasteiger partial charge is 0.384 e. The Bertz CT molecular complexity index is 538. The van der Waals surface area contributed by atoms with Crippen LogP contribution in [-0.4, -0.2) is 16.5 Å². The molecule has 102 valence electrons. The lowest BCUT2D eigenvalue weighted by Gasteiger charge is -2.14. The second kappa shape index (κ2) is 5.64. The number of nitrogens with zero attached hydrogens (tertiary/aromatic N) is 1. The van der Waals surface area contributed by atoms with Gasteiger partial charge in [-0.25, -0.2) is 4.98 Å². The number of anilines is 1. The number of aromatic nitrogens is 2. The molecule has 0 saturated heterocycles. The molecule has 1 aromatic heterocycles. The number of nitrogens with one attached hydrogen (secondary N) is 2. The number of H-pyrrole nitrogens is 1. The third kappa shape index (κ3) is 3.73. The second-order valence-corrected chi connectivity index (χ2v) is 4.86. The zero-order valence-electron chi connectivity index (χ0n) is 9.76. The van der Waals surface area contributed by atoms with Gasteiger partial charge in [0.2, 0.25) is 0 Å². The molecule has 0 aliphatic rings. The molecule has 0 aliphatic heterocycles. The first-order valence-electron chi connectivity index (χ1n) is 5.54. The first-order valence-corrected chi connectivity index (χ1v) is 6.34. The van der Waals surface area contributed by atoms with Crippen molar-refractivity contribution < 1.29 is 13.2 Å². The van der Waals surface area contributed by atoms with Crippen LogP contribution in [-0.2, 0) is 12.6 Å². The van der Waals surface area contributed by atoms with Gasteiger partial charge in [0.05, 0.1) is 11.9 Å². The normalized spacial score (nSPS) is 11.6. The molecule has 1 heterocycles. The van der Waals surface area contributed by atoms with Crippen LogP contribution in [0.25, 0.3) is 0 Å². The summed E-state index contributed by atoms with van der Waals surface area (Å²) in [4.78, 5) is 6.74. The SMILES string of the molecule is FC(F)(F)c1ccc(Br)cc1NCCc1cnc[nH]1. The van der Waals surface area contributed by atoms with Gasteiger partial charge in [0.15, 0.2) is 0 Å². The third-order valence-corrected chi connectivity index (χ3v) is 3.04. The Hall–Kier alpha value is -1.50. The van der Waals surface area contributed by atoms with Crippen LogP contribution in [0.3, 0.4) is 0 Å². The highest BCUT2D eigenvalue weighted by Gasteiger charge is 2.33. The van der Waals surface area contributed by atoms with E-state index in [2.05, 4.69) is 31.2 Å². The number of alkyl halides is 3. The van der Waals surface area contributed by atoms with E-state index in [9.17, 15) is 13.2 Å². The van der Waals surface area contributed by atoms with Gasteiger partial charge in [-0.2, -0.15) is 13.2 Å². The maximum absolute atomic E-state index is 12.8. The van der Waals surface area contributed by atoms with Crippen molar-refractivity contribution >= 4 is 21.6 Å². The Kier molecular flexibility index (Phi) is 4.14. The lowest BCUT2D eigenvalue weighted by molar-refractivity contribution is -0.136. The van der Waals surface area contributed by atoms with Crippen LogP contribution in [0.4, 0.5) is 18.9 Å². The number of hydrogen-bond donors (Lipinski definition) is 2. The van der Waals surface area contributed by atoms with Crippen LogP contribution in [0.15, 0.2) is 35.2 Å². The summed E-state index contributed by atoms with van der Waals surface area (Å²) in [5.41, 5.74) is 0.276. The number of aromatic amines is 1. The molecule has 0 fully saturated rings. The highest BCUT2D eigenvalue weighted by atomic mass is 79.9. The average Bonchev–Trinajstić information content (AvgIpc) is 2.80. The zero-order valence-corrected chi connectivity index (χ0v) is 11.3. The van der Waals surface area contributed by atoms with Crippen LogP contribution in [0.5, 0.6) is 0 Å². The zero-order chi connectivity index (χ0) is 13.9. The van der Waals surface area contributed by atoms with Crippen LogP contribution in [0, 0.1) is 0 Å². The van der Waals surface area contributed by atoms with Gasteiger partial charge in [0.1, 0.15) is 0 Å². The fourth-order valence-electron chi connectivity index (χ4n) is 1.66. The molecule has 2 N–H and O–H groups in total.